The Hall–Kier alpha value is -1.39. The van der Waals surface area contributed by atoms with Crippen LogP contribution in [0.3, 0.4) is 0 Å². The summed E-state index contributed by atoms with van der Waals surface area (Å²) in [4.78, 5) is 12.0. The molecule has 0 bridgehead atoms. The molecule has 1 saturated carbocycles. The first kappa shape index (κ1) is 14.0. The number of rotatable bonds is 5. The van der Waals surface area contributed by atoms with E-state index in [4.69, 9.17) is 5.73 Å². The predicted molar refractivity (Wildman–Crippen MR) is 74.3 cm³/mol. The molecule has 0 radical (unpaired) electrons. The Kier molecular flexibility index (Phi) is 4.93. The fraction of sp³-hybridized carbons (Fsp3) is 0.533. The second-order valence-electron chi connectivity index (χ2n) is 5.27. The Labute approximate surface area is 114 Å². The van der Waals surface area contributed by atoms with Gasteiger partial charge in [0, 0.05) is 13.2 Å². The van der Waals surface area contributed by atoms with E-state index >= 15 is 0 Å². The molecule has 1 aliphatic rings. The van der Waals surface area contributed by atoms with Crippen molar-refractivity contribution in [2.24, 2.45) is 17.6 Å². The maximum atomic E-state index is 12.0. The summed E-state index contributed by atoms with van der Waals surface area (Å²) >= 11 is 0. The number of aliphatic hydroxyl groups excluding tert-OH is 1. The summed E-state index contributed by atoms with van der Waals surface area (Å²) in [5.74, 6) is 0.569. The van der Waals surface area contributed by atoms with E-state index in [1.165, 1.54) is 0 Å². The zero-order valence-corrected chi connectivity index (χ0v) is 11.1. The molecule has 4 nitrogen and oxygen atoms in total. The first-order chi connectivity index (χ1) is 9.22. The van der Waals surface area contributed by atoms with E-state index in [1.54, 1.807) is 0 Å². The van der Waals surface area contributed by atoms with Gasteiger partial charge < -0.3 is 16.2 Å². The SMILES string of the molecule is N[C@H](C(=O)NCC1CCCC1CO)c1ccccc1. The van der Waals surface area contributed by atoms with E-state index in [2.05, 4.69) is 5.32 Å². The molecule has 1 fully saturated rings. The van der Waals surface area contributed by atoms with Gasteiger partial charge in [0.15, 0.2) is 0 Å². The van der Waals surface area contributed by atoms with Crippen LogP contribution in [0.5, 0.6) is 0 Å². The van der Waals surface area contributed by atoms with E-state index in [0.29, 0.717) is 18.4 Å². The van der Waals surface area contributed by atoms with Crippen LogP contribution in [0.1, 0.15) is 30.9 Å². The fourth-order valence-corrected chi connectivity index (χ4v) is 2.78. The molecule has 1 aromatic rings. The minimum atomic E-state index is -0.616. The van der Waals surface area contributed by atoms with Gasteiger partial charge in [0.25, 0.3) is 0 Å². The number of amides is 1. The number of carbonyl (C=O) groups excluding carboxylic acids is 1. The summed E-state index contributed by atoms with van der Waals surface area (Å²) in [5, 5.41) is 12.2. The highest BCUT2D eigenvalue weighted by atomic mass is 16.3. The highest BCUT2D eigenvalue weighted by molar-refractivity contribution is 5.82. The largest absolute Gasteiger partial charge is 0.396 e. The van der Waals surface area contributed by atoms with Gasteiger partial charge >= 0.3 is 0 Å². The molecule has 0 heterocycles. The van der Waals surface area contributed by atoms with Gasteiger partial charge in [-0.1, -0.05) is 36.8 Å². The van der Waals surface area contributed by atoms with Crippen molar-refractivity contribution in [3.63, 3.8) is 0 Å². The molecule has 1 amide bonds. The van der Waals surface area contributed by atoms with Gasteiger partial charge in [0.2, 0.25) is 5.91 Å². The number of aliphatic hydroxyl groups is 1. The Morgan fingerprint density at radius 3 is 2.68 bits per heavy atom. The van der Waals surface area contributed by atoms with Crippen molar-refractivity contribution in [1.29, 1.82) is 0 Å². The Balaban J connectivity index is 1.84. The minimum absolute atomic E-state index is 0.144. The number of nitrogens with two attached hydrogens (primary N) is 1. The fourth-order valence-electron chi connectivity index (χ4n) is 2.78. The lowest BCUT2D eigenvalue weighted by atomic mass is 9.96. The summed E-state index contributed by atoms with van der Waals surface area (Å²) in [6, 6.07) is 8.75. The average molecular weight is 262 g/mol. The van der Waals surface area contributed by atoms with Crippen LogP contribution in [0, 0.1) is 11.8 Å². The van der Waals surface area contributed by atoms with E-state index in [9.17, 15) is 9.90 Å². The van der Waals surface area contributed by atoms with Gasteiger partial charge in [0.05, 0.1) is 0 Å². The first-order valence-electron chi connectivity index (χ1n) is 6.91. The third-order valence-corrected chi connectivity index (χ3v) is 4.03. The molecule has 2 unspecified atom stereocenters. The number of hydrogen-bond donors (Lipinski definition) is 3. The van der Waals surface area contributed by atoms with Crippen molar-refractivity contribution >= 4 is 5.91 Å². The van der Waals surface area contributed by atoms with Crippen molar-refractivity contribution in [3.8, 4) is 0 Å². The Morgan fingerprint density at radius 1 is 1.32 bits per heavy atom. The zero-order valence-electron chi connectivity index (χ0n) is 11.1. The first-order valence-corrected chi connectivity index (χ1v) is 6.91. The Morgan fingerprint density at radius 2 is 2.00 bits per heavy atom. The quantitative estimate of drug-likeness (QED) is 0.746. The van der Waals surface area contributed by atoms with Crippen LogP contribution in [-0.4, -0.2) is 24.2 Å². The van der Waals surface area contributed by atoms with Crippen LogP contribution in [0.15, 0.2) is 30.3 Å². The predicted octanol–water partition coefficient (Wildman–Crippen LogP) is 1.21. The van der Waals surface area contributed by atoms with Gasteiger partial charge in [0.1, 0.15) is 6.04 Å². The van der Waals surface area contributed by atoms with Crippen LogP contribution in [0.25, 0.3) is 0 Å². The molecule has 1 aromatic carbocycles. The highest BCUT2D eigenvalue weighted by Crippen LogP contribution is 2.30. The van der Waals surface area contributed by atoms with Gasteiger partial charge in [-0.3, -0.25) is 4.79 Å². The standard InChI is InChI=1S/C15H22N2O2/c16-14(11-5-2-1-3-6-11)15(19)17-9-12-7-4-8-13(12)10-18/h1-3,5-6,12-14,18H,4,7-10,16H2,(H,17,19)/t12?,13?,14-/m0/s1. The summed E-state index contributed by atoms with van der Waals surface area (Å²) < 4.78 is 0. The summed E-state index contributed by atoms with van der Waals surface area (Å²) in [5.41, 5.74) is 6.75. The smallest absolute Gasteiger partial charge is 0.241 e. The monoisotopic (exact) mass is 262 g/mol. The van der Waals surface area contributed by atoms with Crippen molar-refractivity contribution in [2.45, 2.75) is 25.3 Å². The van der Waals surface area contributed by atoms with Crippen molar-refractivity contribution < 1.29 is 9.90 Å². The molecule has 3 atom stereocenters. The summed E-state index contributed by atoms with van der Waals surface area (Å²) in [6.07, 6.45) is 3.27. The summed E-state index contributed by atoms with van der Waals surface area (Å²) in [6.45, 7) is 0.829. The molecular weight excluding hydrogens is 240 g/mol. The lowest BCUT2D eigenvalue weighted by Gasteiger charge is -2.19. The third kappa shape index (κ3) is 3.55. The van der Waals surface area contributed by atoms with Crippen LogP contribution in [0.4, 0.5) is 0 Å². The van der Waals surface area contributed by atoms with Crippen LogP contribution in [-0.2, 0) is 4.79 Å². The molecule has 104 valence electrons. The second-order valence-corrected chi connectivity index (χ2v) is 5.27. The normalized spacial score (nSPS) is 24.1. The minimum Gasteiger partial charge on any atom is -0.396 e. The van der Waals surface area contributed by atoms with Gasteiger partial charge in [-0.15, -0.1) is 0 Å². The molecule has 4 N–H and O–H groups in total. The number of carbonyl (C=O) groups is 1. The molecule has 0 aliphatic heterocycles. The van der Waals surface area contributed by atoms with Crippen LogP contribution in [0.2, 0.25) is 0 Å². The van der Waals surface area contributed by atoms with Crippen LogP contribution >= 0.6 is 0 Å². The van der Waals surface area contributed by atoms with E-state index in [0.717, 1.165) is 24.8 Å². The van der Waals surface area contributed by atoms with E-state index in [-0.39, 0.29) is 12.5 Å². The molecule has 19 heavy (non-hydrogen) atoms. The molecule has 0 saturated heterocycles. The molecular formula is C15H22N2O2. The van der Waals surface area contributed by atoms with Gasteiger partial charge in [-0.05, 0) is 30.2 Å². The summed E-state index contributed by atoms with van der Waals surface area (Å²) in [7, 11) is 0. The van der Waals surface area contributed by atoms with Crippen LogP contribution < -0.4 is 11.1 Å². The molecule has 2 rings (SSSR count). The number of benzene rings is 1. The van der Waals surface area contributed by atoms with Gasteiger partial charge in [-0.25, -0.2) is 0 Å². The highest BCUT2D eigenvalue weighted by Gasteiger charge is 2.27. The lowest BCUT2D eigenvalue weighted by Crippen LogP contribution is -2.38. The maximum absolute atomic E-state index is 12.0. The van der Waals surface area contributed by atoms with E-state index < -0.39 is 6.04 Å². The molecule has 4 heteroatoms. The lowest BCUT2D eigenvalue weighted by molar-refractivity contribution is -0.122. The molecule has 0 aromatic heterocycles. The molecule has 1 aliphatic carbocycles. The Bertz CT molecular complexity index is 408. The topological polar surface area (TPSA) is 75.4 Å². The average Bonchev–Trinajstić information content (AvgIpc) is 2.92. The van der Waals surface area contributed by atoms with E-state index in [1.807, 2.05) is 30.3 Å². The molecule has 0 spiro atoms. The second kappa shape index (κ2) is 6.68. The maximum Gasteiger partial charge on any atom is 0.241 e. The zero-order chi connectivity index (χ0) is 13.7. The third-order valence-electron chi connectivity index (χ3n) is 4.03. The number of hydrogen-bond acceptors (Lipinski definition) is 3. The van der Waals surface area contributed by atoms with Gasteiger partial charge in [-0.2, -0.15) is 0 Å². The van der Waals surface area contributed by atoms with Crippen molar-refractivity contribution in [3.05, 3.63) is 35.9 Å². The van der Waals surface area contributed by atoms with Crippen molar-refractivity contribution in [1.82, 2.24) is 5.32 Å². The van der Waals surface area contributed by atoms with Crippen molar-refractivity contribution in [2.75, 3.05) is 13.2 Å². The number of nitrogens with one attached hydrogen (secondary N) is 1.